The number of halogens is 1. The van der Waals surface area contributed by atoms with Crippen molar-refractivity contribution in [3.8, 4) is 0 Å². The molecule has 21 heavy (non-hydrogen) atoms. The van der Waals surface area contributed by atoms with Crippen LogP contribution in [0.25, 0.3) is 0 Å². The zero-order valence-electron chi connectivity index (χ0n) is 13.2. The van der Waals surface area contributed by atoms with Crippen molar-refractivity contribution in [3.05, 3.63) is 52.1 Å². The van der Waals surface area contributed by atoms with Gasteiger partial charge >= 0.3 is 0 Å². The monoisotopic (exact) mass is 290 g/mol. The lowest BCUT2D eigenvalue weighted by Gasteiger charge is -2.11. The molecule has 1 aromatic heterocycles. The van der Waals surface area contributed by atoms with Gasteiger partial charge in [0.2, 0.25) is 0 Å². The van der Waals surface area contributed by atoms with Crippen LogP contribution in [0.2, 0.25) is 0 Å². The summed E-state index contributed by atoms with van der Waals surface area (Å²) in [5.74, 6) is -0.229. The second-order valence-corrected chi connectivity index (χ2v) is 5.42. The van der Waals surface area contributed by atoms with Crippen LogP contribution in [0.5, 0.6) is 0 Å². The highest BCUT2D eigenvalue weighted by Gasteiger charge is 2.19. The first-order valence-electron chi connectivity index (χ1n) is 7.49. The minimum atomic E-state index is -0.530. The van der Waals surface area contributed by atoms with E-state index in [0.29, 0.717) is 6.54 Å². The summed E-state index contributed by atoms with van der Waals surface area (Å²) in [6.45, 7) is 8.36. The Morgan fingerprint density at radius 3 is 2.57 bits per heavy atom. The number of nitrogens with zero attached hydrogens (tertiary/aromatic N) is 2. The second-order valence-electron chi connectivity index (χ2n) is 5.42. The third-order valence-electron chi connectivity index (χ3n) is 3.89. The second kappa shape index (κ2) is 6.39. The molecule has 0 aliphatic heterocycles. The number of aliphatic hydroxyl groups excluding tert-OH is 1. The largest absolute Gasteiger partial charge is 0.389 e. The van der Waals surface area contributed by atoms with Crippen LogP contribution in [-0.2, 0) is 19.4 Å². The van der Waals surface area contributed by atoms with Gasteiger partial charge < -0.3 is 5.11 Å². The van der Waals surface area contributed by atoms with E-state index < -0.39 is 6.10 Å². The Bertz CT molecular complexity index is 632. The molecule has 1 atom stereocenters. The lowest BCUT2D eigenvalue weighted by molar-refractivity contribution is 0.197. The predicted octanol–water partition coefficient (Wildman–Crippen LogP) is 3.56. The highest BCUT2D eigenvalue weighted by molar-refractivity contribution is 5.31. The first-order valence-corrected chi connectivity index (χ1v) is 7.49. The van der Waals surface area contributed by atoms with Crippen molar-refractivity contribution in [2.45, 2.75) is 53.2 Å². The molecule has 2 rings (SSSR count). The van der Waals surface area contributed by atoms with Crippen LogP contribution >= 0.6 is 0 Å². The molecule has 1 heterocycles. The highest BCUT2D eigenvalue weighted by Crippen LogP contribution is 2.24. The maximum absolute atomic E-state index is 13.4. The van der Waals surface area contributed by atoms with Crippen LogP contribution in [0.3, 0.4) is 0 Å². The average molecular weight is 290 g/mol. The molecule has 0 aliphatic carbocycles. The molecule has 1 N–H and O–H groups in total. The Balaban J connectivity index is 2.46. The molecule has 0 bridgehead atoms. The first-order chi connectivity index (χ1) is 9.97. The molecule has 2 aromatic rings. The van der Waals surface area contributed by atoms with Crippen molar-refractivity contribution in [1.82, 2.24) is 9.78 Å². The maximum atomic E-state index is 13.4. The summed E-state index contributed by atoms with van der Waals surface area (Å²) in [6.07, 6.45) is 1.04. The van der Waals surface area contributed by atoms with E-state index in [4.69, 9.17) is 0 Å². The highest BCUT2D eigenvalue weighted by atomic mass is 19.1. The van der Waals surface area contributed by atoms with Gasteiger partial charge in [-0.15, -0.1) is 0 Å². The first kappa shape index (κ1) is 15.7. The van der Waals surface area contributed by atoms with Crippen molar-refractivity contribution in [3.63, 3.8) is 0 Å². The van der Waals surface area contributed by atoms with Gasteiger partial charge in [-0.05, 0) is 49.9 Å². The predicted molar refractivity (Wildman–Crippen MR) is 81.9 cm³/mol. The fourth-order valence-corrected chi connectivity index (χ4v) is 2.78. The van der Waals surface area contributed by atoms with Crippen molar-refractivity contribution >= 4 is 0 Å². The maximum Gasteiger partial charge on any atom is 0.123 e. The minimum Gasteiger partial charge on any atom is -0.389 e. The van der Waals surface area contributed by atoms with Gasteiger partial charge in [-0.1, -0.05) is 19.9 Å². The summed E-state index contributed by atoms with van der Waals surface area (Å²) in [5.41, 5.74) is 4.85. The number of aryl methyl sites for hydroxylation is 2. The van der Waals surface area contributed by atoms with Crippen LogP contribution in [-0.4, -0.2) is 14.9 Å². The zero-order valence-corrected chi connectivity index (χ0v) is 13.2. The van der Waals surface area contributed by atoms with Crippen LogP contribution < -0.4 is 0 Å². The van der Waals surface area contributed by atoms with Crippen molar-refractivity contribution < 1.29 is 9.50 Å². The molecule has 3 nitrogen and oxygen atoms in total. The molecule has 0 saturated heterocycles. The SMILES string of the molecule is CCc1nn(Cc2cc(F)ccc2C)c(CC)c1C(C)O. The number of benzene rings is 1. The van der Waals surface area contributed by atoms with E-state index in [2.05, 4.69) is 12.0 Å². The Hall–Kier alpha value is -1.68. The van der Waals surface area contributed by atoms with Crippen LogP contribution in [0, 0.1) is 12.7 Å². The molecule has 0 radical (unpaired) electrons. The van der Waals surface area contributed by atoms with E-state index in [1.165, 1.54) is 6.07 Å². The quantitative estimate of drug-likeness (QED) is 0.914. The van der Waals surface area contributed by atoms with Crippen molar-refractivity contribution in [2.75, 3.05) is 0 Å². The molecule has 1 unspecified atom stereocenters. The summed E-state index contributed by atoms with van der Waals surface area (Å²) in [5, 5.41) is 14.6. The number of hydrogen-bond donors (Lipinski definition) is 1. The third kappa shape index (κ3) is 3.16. The van der Waals surface area contributed by atoms with Crippen LogP contribution in [0.1, 0.15) is 55.0 Å². The topological polar surface area (TPSA) is 38.0 Å². The number of aliphatic hydroxyl groups is 1. The Labute approximate surface area is 125 Å². The molecule has 1 aromatic carbocycles. The lowest BCUT2D eigenvalue weighted by atomic mass is 10.0. The summed E-state index contributed by atoms with van der Waals surface area (Å²) >= 11 is 0. The van der Waals surface area contributed by atoms with Gasteiger partial charge in [-0.2, -0.15) is 5.10 Å². The molecule has 0 saturated carbocycles. The smallest absolute Gasteiger partial charge is 0.123 e. The molecule has 0 fully saturated rings. The lowest BCUT2D eigenvalue weighted by Crippen LogP contribution is -2.08. The number of rotatable bonds is 5. The summed E-state index contributed by atoms with van der Waals surface area (Å²) < 4.78 is 15.3. The normalized spacial score (nSPS) is 12.7. The van der Waals surface area contributed by atoms with Gasteiger partial charge in [0.15, 0.2) is 0 Å². The van der Waals surface area contributed by atoms with Crippen molar-refractivity contribution in [1.29, 1.82) is 0 Å². The fraction of sp³-hybridized carbons (Fsp3) is 0.471. The van der Waals surface area contributed by atoms with E-state index in [-0.39, 0.29) is 5.82 Å². The van der Waals surface area contributed by atoms with Gasteiger partial charge in [-0.25, -0.2) is 4.39 Å². The van der Waals surface area contributed by atoms with Crippen LogP contribution in [0.4, 0.5) is 4.39 Å². The van der Waals surface area contributed by atoms with Crippen molar-refractivity contribution in [2.24, 2.45) is 0 Å². The molecule has 0 spiro atoms. The van der Waals surface area contributed by atoms with E-state index in [9.17, 15) is 9.50 Å². The van der Waals surface area contributed by atoms with Gasteiger partial charge in [0, 0.05) is 11.3 Å². The number of aromatic nitrogens is 2. The third-order valence-corrected chi connectivity index (χ3v) is 3.89. The molecular weight excluding hydrogens is 267 g/mol. The summed E-state index contributed by atoms with van der Waals surface area (Å²) in [6, 6.07) is 4.82. The van der Waals surface area contributed by atoms with Gasteiger partial charge in [-0.3, -0.25) is 4.68 Å². The Morgan fingerprint density at radius 1 is 1.29 bits per heavy atom. The van der Waals surface area contributed by atoms with E-state index in [1.807, 2.05) is 18.5 Å². The fourth-order valence-electron chi connectivity index (χ4n) is 2.78. The molecule has 0 amide bonds. The number of hydrogen-bond acceptors (Lipinski definition) is 2. The van der Waals surface area contributed by atoms with Gasteiger partial charge in [0.1, 0.15) is 5.82 Å². The van der Waals surface area contributed by atoms with E-state index >= 15 is 0 Å². The molecule has 4 heteroatoms. The minimum absolute atomic E-state index is 0.229. The van der Waals surface area contributed by atoms with Crippen LogP contribution in [0.15, 0.2) is 18.2 Å². The molecule has 0 aliphatic rings. The summed E-state index contributed by atoms with van der Waals surface area (Å²) in [7, 11) is 0. The standard InChI is InChI=1S/C17H23FN2O/c1-5-15-17(12(4)21)16(6-2)20(19-15)10-13-9-14(18)8-7-11(13)3/h7-9,12,21H,5-6,10H2,1-4H3. The molecule has 114 valence electrons. The zero-order chi connectivity index (χ0) is 15.6. The average Bonchev–Trinajstić information content (AvgIpc) is 2.80. The van der Waals surface area contributed by atoms with Gasteiger partial charge in [0.25, 0.3) is 0 Å². The summed E-state index contributed by atoms with van der Waals surface area (Å²) in [4.78, 5) is 0. The van der Waals surface area contributed by atoms with E-state index in [1.54, 1.807) is 19.1 Å². The molecular formula is C17H23FN2O. The van der Waals surface area contributed by atoms with Gasteiger partial charge in [0.05, 0.1) is 18.3 Å². The van der Waals surface area contributed by atoms with E-state index in [0.717, 1.165) is 40.9 Å². The Kier molecular flexibility index (Phi) is 4.78. The Morgan fingerprint density at radius 2 is 2.00 bits per heavy atom.